The fourth-order valence-electron chi connectivity index (χ4n) is 5.28. The van der Waals surface area contributed by atoms with Crippen LogP contribution in [0.5, 0.6) is 0 Å². The van der Waals surface area contributed by atoms with Gasteiger partial charge in [0.1, 0.15) is 0 Å². The molecular weight excluding hydrogens is 240 g/mol. The van der Waals surface area contributed by atoms with E-state index in [0.717, 1.165) is 23.7 Å². The summed E-state index contributed by atoms with van der Waals surface area (Å²) in [6.45, 7) is 6.56. The van der Waals surface area contributed by atoms with E-state index in [1.807, 2.05) is 0 Å². The molecule has 3 aliphatic carbocycles. The normalized spacial score (nSPS) is 34.8. The van der Waals surface area contributed by atoms with Crippen LogP contribution in [0, 0.1) is 24.7 Å². The van der Waals surface area contributed by atoms with E-state index < -0.39 is 0 Å². The van der Waals surface area contributed by atoms with E-state index in [-0.39, 0.29) is 7.43 Å². The zero-order valence-electron chi connectivity index (χ0n) is 12.0. The van der Waals surface area contributed by atoms with Crippen molar-refractivity contribution in [3.8, 4) is 0 Å². The molecule has 4 atom stereocenters. The molecule has 0 bridgehead atoms. The van der Waals surface area contributed by atoms with Gasteiger partial charge in [-0.05, 0) is 80.2 Å². The predicted octanol–water partition coefficient (Wildman–Crippen LogP) is 5.65. The lowest BCUT2D eigenvalue weighted by molar-refractivity contribution is 0.149. The van der Waals surface area contributed by atoms with Gasteiger partial charge in [0, 0.05) is 0 Å². The Morgan fingerprint density at radius 2 is 1.65 bits per heavy atom. The molecule has 0 heterocycles. The molecule has 0 nitrogen and oxygen atoms in total. The minimum absolute atomic E-state index is 0. The SMILES string of the molecule is C.C=C1CCC2C1CCC1c3ccc(C)cc3CCC12. The maximum absolute atomic E-state index is 4.33. The van der Waals surface area contributed by atoms with Gasteiger partial charge in [-0.2, -0.15) is 0 Å². The quantitative estimate of drug-likeness (QED) is 0.533. The number of allylic oxidation sites excluding steroid dienone is 1. The van der Waals surface area contributed by atoms with Crippen molar-refractivity contribution >= 4 is 0 Å². The summed E-state index contributed by atoms with van der Waals surface area (Å²) in [7, 11) is 0. The van der Waals surface area contributed by atoms with Gasteiger partial charge in [0.2, 0.25) is 0 Å². The molecule has 0 radical (unpaired) electrons. The lowest BCUT2D eigenvalue weighted by atomic mass is 9.60. The van der Waals surface area contributed by atoms with Crippen LogP contribution in [0.4, 0.5) is 0 Å². The van der Waals surface area contributed by atoms with Gasteiger partial charge in [0.05, 0.1) is 0 Å². The van der Waals surface area contributed by atoms with E-state index in [9.17, 15) is 0 Å². The molecule has 0 spiro atoms. The van der Waals surface area contributed by atoms with Gasteiger partial charge in [0.25, 0.3) is 0 Å². The second kappa shape index (κ2) is 5.06. The van der Waals surface area contributed by atoms with Crippen LogP contribution in [0.3, 0.4) is 0 Å². The molecule has 0 amide bonds. The minimum Gasteiger partial charge on any atom is -0.0996 e. The molecule has 0 N–H and O–H groups in total. The largest absolute Gasteiger partial charge is 0.0996 e. The number of rotatable bonds is 0. The Balaban J connectivity index is 0.00000121. The highest BCUT2D eigenvalue weighted by Crippen LogP contribution is 2.56. The summed E-state index contributed by atoms with van der Waals surface area (Å²) >= 11 is 0. The Labute approximate surface area is 124 Å². The van der Waals surface area contributed by atoms with E-state index >= 15 is 0 Å². The molecule has 4 rings (SSSR count). The Morgan fingerprint density at radius 1 is 0.950 bits per heavy atom. The van der Waals surface area contributed by atoms with Crippen molar-refractivity contribution in [1.82, 2.24) is 0 Å². The van der Waals surface area contributed by atoms with Crippen LogP contribution in [0.25, 0.3) is 0 Å². The number of hydrogen-bond donors (Lipinski definition) is 0. The van der Waals surface area contributed by atoms with E-state index in [0.29, 0.717) is 0 Å². The zero-order valence-corrected chi connectivity index (χ0v) is 12.0. The van der Waals surface area contributed by atoms with Crippen molar-refractivity contribution in [1.29, 1.82) is 0 Å². The average Bonchev–Trinajstić information content (AvgIpc) is 2.80. The van der Waals surface area contributed by atoms with Gasteiger partial charge in [-0.25, -0.2) is 0 Å². The molecule has 108 valence electrons. The molecule has 0 heteroatoms. The lowest BCUT2D eigenvalue weighted by Gasteiger charge is -2.44. The minimum atomic E-state index is 0. The molecule has 0 aromatic heterocycles. The van der Waals surface area contributed by atoms with Crippen LogP contribution >= 0.6 is 0 Å². The van der Waals surface area contributed by atoms with Crippen molar-refractivity contribution in [2.75, 3.05) is 0 Å². The molecule has 1 aromatic carbocycles. The number of benzene rings is 1. The average molecular weight is 268 g/mol. The second-order valence-corrected chi connectivity index (χ2v) is 7.06. The van der Waals surface area contributed by atoms with Gasteiger partial charge in [-0.15, -0.1) is 0 Å². The summed E-state index contributed by atoms with van der Waals surface area (Å²) in [6.07, 6.45) is 8.27. The predicted molar refractivity (Wildman–Crippen MR) is 87.1 cm³/mol. The maximum Gasteiger partial charge on any atom is -0.0128 e. The van der Waals surface area contributed by atoms with Crippen molar-refractivity contribution in [2.45, 2.75) is 58.8 Å². The summed E-state index contributed by atoms with van der Waals surface area (Å²) in [5, 5.41) is 0. The third-order valence-corrected chi connectivity index (χ3v) is 6.14. The number of aryl methyl sites for hydroxylation is 2. The summed E-state index contributed by atoms with van der Waals surface area (Å²) in [6, 6.07) is 7.19. The Bertz CT molecular complexity index is 525. The molecule has 3 aliphatic rings. The molecule has 0 aliphatic heterocycles. The number of hydrogen-bond acceptors (Lipinski definition) is 0. The van der Waals surface area contributed by atoms with Crippen LogP contribution in [0.15, 0.2) is 30.4 Å². The fourth-order valence-corrected chi connectivity index (χ4v) is 5.28. The lowest BCUT2D eigenvalue weighted by Crippen LogP contribution is -2.34. The third kappa shape index (κ3) is 1.96. The maximum atomic E-state index is 4.33. The molecule has 2 saturated carbocycles. The van der Waals surface area contributed by atoms with Crippen molar-refractivity contribution in [3.05, 3.63) is 47.0 Å². The van der Waals surface area contributed by atoms with Crippen LogP contribution in [0.2, 0.25) is 0 Å². The molecule has 2 fully saturated rings. The number of fused-ring (bicyclic) bond motifs is 5. The highest BCUT2D eigenvalue weighted by molar-refractivity contribution is 5.38. The highest BCUT2D eigenvalue weighted by atomic mass is 14.5. The van der Waals surface area contributed by atoms with E-state index in [1.54, 1.807) is 16.7 Å². The fraction of sp³-hybridized carbons (Fsp3) is 0.600. The second-order valence-electron chi connectivity index (χ2n) is 7.06. The van der Waals surface area contributed by atoms with Crippen LogP contribution in [0.1, 0.15) is 62.1 Å². The van der Waals surface area contributed by atoms with Crippen LogP contribution in [-0.4, -0.2) is 0 Å². The first-order valence-corrected chi connectivity index (χ1v) is 8.01. The topological polar surface area (TPSA) is 0 Å². The van der Waals surface area contributed by atoms with Crippen molar-refractivity contribution < 1.29 is 0 Å². The highest BCUT2D eigenvalue weighted by Gasteiger charge is 2.45. The molecule has 20 heavy (non-hydrogen) atoms. The van der Waals surface area contributed by atoms with Crippen molar-refractivity contribution in [3.63, 3.8) is 0 Å². The zero-order chi connectivity index (χ0) is 13.0. The van der Waals surface area contributed by atoms with Gasteiger partial charge in [-0.3, -0.25) is 0 Å². The first kappa shape index (κ1) is 13.9. The Hall–Kier alpha value is -1.04. The van der Waals surface area contributed by atoms with E-state index in [4.69, 9.17) is 0 Å². The summed E-state index contributed by atoms with van der Waals surface area (Å²) in [5.74, 6) is 3.64. The van der Waals surface area contributed by atoms with Crippen LogP contribution in [-0.2, 0) is 6.42 Å². The summed E-state index contributed by atoms with van der Waals surface area (Å²) < 4.78 is 0. The molecule has 4 unspecified atom stereocenters. The first-order valence-electron chi connectivity index (χ1n) is 8.01. The monoisotopic (exact) mass is 268 g/mol. The molecule has 1 aromatic rings. The summed E-state index contributed by atoms with van der Waals surface area (Å²) in [5.41, 5.74) is 6.34. The van der Waals surface area contributed by atoms with Gasteiger partial charge in [-0.1, -0.05) is 43.3 Å². The Morgan fingerprint density at radius 3 is 2.50 bits per heavy atom. The smallest absolute Gasteiger partial charge is 0.0128 e. The van der Waals surface area contributed by atoms with Crippen LogP contribution < -0.4 is 0 Å². The van der Waals surface area contributed by atoms with Gasteiger partial charge < -0.3 is 0 Å². The van der Waals surface area contributed by atoms with E-state index in [1.165, 1.54) is 44.1 Å². The molecular formula is C20H28. The van der Waals surface area contributed by atoms with Gasteiger partial charge >= 0.3 is 0 Å². The summed E-state index contributed by atoms with van der Waals surface area (Å²) in [4.78, 5) is 0. The first-order chi connectivity index (χ1) is 9.24. The van der Waals surface area contributed by atoms with E-state index in [2.05, 4.69) is 31.7 Å². The Kier molecular flexibility index (Phi) is 3.52. The third-order valence-electron chi connectivity index (χ3n) is 6.14. The molecule has 0 saturated heterocycles. The standard InChI is InChI=1S/C19H24.CH4/c1-12-3-6-16-14(11-12)5-8-19-17-7-4-13(2)15(17)9-10-18(16)19;/h3,6,11,15,17-19H,2,4-5,7-10H2,1H3;1H4. The van der Waals surface area contributed by atoms with Gasteiger partial charge in [0.15, 0.2) is 0 Å². The van der Waals surface area contributed by atoms with Crippen molar-refractivity contribution in [2.24, 2.45) is 17.8 Å².